The average Bonchev–Trinajstić information content (AvgIpc) is 3.72. The van der Waals surface area contributed by atoms with Gasteiger partial charge in [0.05, 0.1) is 40.6 Å². The molecule has 0 spiro atoms. The summed E-state index contributed by atoms with van der Waals surface area (Å²) in [6.07, 6.45) is 2.12. The summed E-state index contributed by atoms with van der Waals surface area (Å²) in [5.74, 6) is -0.877. The van der Waals surface area contributed by atoms with Crippen LogP contribution >= 0.6 is 11.8 Å². The van der Waals surface area contributed by atoms with E-state index in [1.54, 1.807) is 21.9 Å². The van der Waals surface area contributed by atoms with Crippen molar-refractivity contribution in [2.75, 3.05) is 42.9 Å². The maximum atomic E-state index is 15.9. The van der Waals surface area contributed by atoms with Gasteiger partial charge >= 0.3 is 5.51 Å². The van der Waals surface area contributed by atoms with Crippen molar-refractivity contribution in [3.8, 4) is 11.4 Å². The molecule has 0 saturated carbocycles. The summed E-state index contributed by atoms with van der Waals surface area (Å²) in [6.45, 7) is 0.946. The number of anilines is 2. The van der Waals surface area contributed by atoms with E-state index in [9.17, 15) is 18.0 Å². The van der Waals surface area contributed by atoms with Crippen LogP contribution in [0, 0.1) is 0 Å². The molecule has 0 aromatic carbocycles. The van der Waals surface area contributed by atoms with Crippen molar-refractivity contribution in [1.82, 2.24) is 29.7 Å². The van der Waals surface area contributed by atoms with Crippen LogP contribution in [0.15, 0.2) is 44.6 Å². The third-order valence-electron chi connectivity index (χ3n) is 8.21. The van der Waals surface area contributed by atoms with Crippen LogP contribution in [-0.4, -0.2) is 86.4 Å². The Bertz CT molecular complexity index is 1680. The van der Waals surface area contributed by atoms with Crippen molar-refractivity contribution in [2.24, 2.45) is 0 Å². The topological polar surface area (TPSA) is 117 Å². The van der Waals surface area contributed by atoms with Crippen LogP contribution in [0.25, 0.3) is 16.9 Å². The highest BCUT2D eigenvalue weighted by Gasteiger charge is 2.40. The molecule has 0 radical (unpaired) electrons. The Kier molecular flexibility index (Phi) is 7.18. The number of hydrogen-bond acceptors (Lipinski definition) is 10. The van der Waals surface area contributed by atoms with E-state index in [0.29, 0.717) is 37.3 Å². The lowest BCUT2D eigenvalue weighted by Gasteiger charge is -2.42. The van der Waals surface area contributed by atoms with E-state index >= 15 is 8.78 Å². The van der Waals surface area contributed by atoms with Gasteiger partial charge in [0, 0.05) is 63.5 Å². The fourth-order valence-electron chi connectivity index (χ4n) is 6.00. The number of amides is 1. The van der Waals surface area contributed by atoms with Gasteiger partial charge < -0.3 is 28.9 Å². The molecular weight excluding hydrogens is 611 g/mol. The predicted octanol–water partition coefficient (Wildman–Crippen LogP) is 4.67. The summed E-state index contributed by atoms with van der Waals surface area (Å²) in [5, 5.41) is 9.42. The first kappa shape index (κ1) is 28.9. The molecule has 9 heterocycles. The Morgan fingerprint density at radius 1 is 1.18 bits per heavy atom. The quantitative estimate of drug-likeness (QED) is 0.225. The number of alkyl halides is 5. The number of pyridine rings is 1. The molecule has 3 atom stereocenters. The summed E-state index contributed by atoms with van der Waals surface area (Å²) >= 11 is -0.336. The van der Waals surface area contributed by atoms with Gasteiger partial charge in [-0.3, -0.25) is 9.69 Å². The largest absolute Gasteiger partial charge is 0.447 e. The highest BCUT2D eigenvalue weighted by atomic mass is 32.2. The standard InChI is InChI=1S/C27H27F5N8O3S/c28-16-13-38-7-3-17(16)35-18-2-1-6-40-19(18)10-15(24(40)44-27(30,31)32)22-36-21(43-37-22)12-33-23(41)20-11-34-25(42-20)39-8-4-26(29,14-38)5-9-39/h1-2,6,10-11,16-17,35H,3-5,7-9,12-14H2,(H,33,41)/t16-,17+/m0/s1. The van der Waals surface area contributed by atoms with Crippen LogP contribution in [0.3, 0.4) is 0 Å². The number of nitrogens with zero attached hydrogens (tertiary/aromatic N) is 6. The van der Waals surface area contributed by atoms with Crippen molar-refractivity contribution < 1.29 is 35.7 Å². The first-order valence-electron chi connectivity index (χ1n) is 14.1. The molecule has 4 aromatic heterocycles. The van der Waals surface area contributed by atoms with E-state index in [-0.39, 0.29) is 78.3 Å². The van der Waals surface area contributed by atoms with Crippen molar-refractivity contribution in [3.63, 3.8) is 0 Å². The zero-order chi connectivity index (χ0) is 30.6. The van der Waals surface area contributed by atoms with E-state index in [4.69, 9.17) is 8.94 Å². The molecular formula is C27H27F5N8O3S. The minimum atomic E-state index is -4.63. The number of carbonyl (C=O) groups is 1. The van der Waals surface area contributed by atoms with Gasteiger partial charge in [0.15, 0.2) is 0 Å². The van der Waals surface area contributed by atoms with Gasteiger partial charge in [0.25, 0.3) is 11.9 Å². The van der Waals surface area contributed by atoms with Gasteiger partial charge in [-0.05, 0) is 24.6 Å². The van der Waals surface area contributed by atoms with Crippen LogP contribution in [0.2, 0.25) is 0 Å². The molecule has 2 N–H and O–H groups in total. The van der Waals surface area contributed by atoms with E-state index in [1.165, 1.54) is 22.9 Å². The number of aromatic nitrogens is 4. The highest BCUT2D eigenvalue weighted by Crippen LogP contribution is 2.44. The molecule has 0 aliphatic carbocycles. The lowest BCUT2D eigenvalue weighted by atomic mass is 9.91. The summed E-state index contributed by atoms with van der Waals surface area (Å²) in [6, 6.07) is 4.26. The molecule has 2 fully saturated rings. The zero-order valence-corrected chi connectivity index (χ0v) is 23.9. The molecule has 234 valence electrons. The van der Waals surface area contributed by atoms with E-state index in [1.807, 2.05) is 0 Å². The second kappa shape index (κ2) is 10.9. The second-order valence-electron chi connectivity index (χ2n) is 11.2. The van der Waals surface area contributed by atoms with Gasteiger partial charge in [0.2, 0.25) is 17.5 Å². The Labute approximate surface area is 251 Å². The smallest absolute Gasteiger partial charge is 0.418 e. The Morgan fingerprint density at radius 2 is 2.00 bits per heavy atom. The summed E-state index contributed by atoms with van der Waals surface area (Å²) in [4.78, 5) is 24.7. The van der Waals surface area contributed by atoms with Gasteiger partial charge in [-0.25, -0.2) is 13.8 Å². The highest BCUT2D eigenvalue weighted by molar-refractivity contribution is 8.00. The third-order valence-corrected chi connectivity index (χ3v) is 9.05. The van der Waals surface area contributed by atoms with Crippen LogP contribution in [0.5, 0.6) is 0 Å². The molecule has 4 aromatic rings. The van der Waals surface area contributed by atoms with Crippen molar-refractivity contribution in [2.45, 2.75) is 54.2 Å². The molecule has 1 amide bonds. The number of oxazole rings is 1. The predicted molar refractivity (Wildman–Crippen MR) is 149 cm³/mol. The molecule has 10 bridgehead atoms. The fourth-order valence-corrected chi connectivity index (χ4v) is 6.73. The van der Waals surface area contributed by atoms with Gasteiger partial charge in [-0.15, -0.1) is 0 Å². The summed E-state index contributed by atoms with van der Waals surface area (Å²) < 4.78 is 84.6. The van der Waals surface area contributed by atoms with E-state index in [2.05, 4.69) is 25.8 Å². The fraction of sp³-hybridized carbons (Fsp3) is 0.481. The SMILES string of the molecule is O=C1NCc2nc(no2)-c2cc3c(cccn3c2SC(F)(F)F)N[C@@H]2CCN(C[C@@H]2F)CC2(F)CCN(CC2)c2ncc1o2. The molecule has 5 aliphatic rings. The molecule has 9 rings (SSSR count). The number of nitrogens with one attached hydrogen (secondary N) is 2. The van der Waals surface area contributed by atoms with Crippen molar-refractivity contribution >= 4 is 34.9 Å². The molecule has 44 heavy (non-hydrogen) atoms. The monoisotopic (exact) mass is 638 g/mol. The molecule has 5 aliphatic heterocycles. The van der Waals surface area contributed by atoms with E-state index in [0.717, 1.165) is 0 Å². The van der Waals surface area contributed by atoms with Crippen LogP contribution in [0.4, 0.5) is 33.7 Å². The van der Waals surface area contributed by atoms with Gasteiger partial charge in [0.1, 0.15) is 11.8 Å². The molecule has 11 nitrogen and oxygen atoms in total. The van der Waals surface area contributed by atoms with Crippen LogP contribution in [-0.2, 0) is 6.54 Å². The Balaban J connectivity index is 1.25. The van der Waals surface area contributed by atoms with Gasteiger partial charge in [-0.1, -0.05) is 5.16 Å². The number of halogens is 5. The van der Waals surface area contributed by atoms with Crippen molar-refractivity contribution in [3.05, 3.63) is 42.2 Å². The van der Waals surface area contributed by atoms with E-state index < -0.39 is 29.3 Å². The Hall–Kier alpha value is -3.86. The number of hydrogen-bond donors (Lipinski definition) is 2. The molecule has 2 saturated heterocycles. The Morgan fingerprint density at radius 3 is 2.77 bits per heavy atom. The maximum Gasteiger partial charge on any atom is 0.447 e. The van der Waals surface area contributed by atoms with Gasteiger partial charge in [-0.2, -0.15) is 18.2 Å². The maximum absolute atomic E-state index is 15.9. The molecule has 1 unspecified atom stereocenters. The average molecular weight is 639 g/mol. The lowest BCUT2D eigenvalue weighted by molar-refractivity contribution is -0.0329. The minimum absolute atomic E-state index is 0.0153. The lowest BCUT2D eigenvalue weighted by Crippen LogP contribution is -2.54. The normalized spacial score (nSPS) is 26.2. The first-order chi connectivity index (χ1) is 21.0. The zero-order valence-electron chi connectivity index (χ0n) is 23.1. The summed E-state index contributed by atoms with van der Waals surface area (Å²) in [5.41, 5.74) is -5.32. The van der Waals surface area contributed by atoms with Crippen LogP contribution in [0.1, 0.15) is 35.7 Å². The van der Waals surface area contributed by atoms with Crippen LogP contribution < -0.4 is 15.5 Å². The number of carbonyl (C=O) groups excluding carboxylic acids is 1. The third kappa shape index (κ3) is 5.69. The summed E-state index contributed by atoms with van der Waals surface area (Å²) in [7, 11) is 0. The molecule has 17 heteroatoms. The number of thioether (sulfide) groups is 1. The first-order valence-corrected chi connectivity index (χ1v) is 14.9. The minimum Gasteiger partial charge on any atom is -0.418 e. The number of piperidine rings is 2. The second-order valence-corrected chi connectivity index (χ2v) is 12.3. The van der Waals surface area contributed by atoms with Crippen molar-refractivity contribution in [1.29, 1.82) is 0 Å². The number of fused-ring (bicyclic) bond motifs is 2. The number of rotatable bonds is 1.